The zero-order valence-electron chi connectivity index (χ0n) is 17.5. The minimum atomic E-state index is -0.0173. The summed E-state index contributed by atoms with van der Waals surface area (Å²) < 4.78 is 5.37. The Kier molecular flexibility index (Phi) is 6.33. The monoisotopic (exact) mass is 407 g/mol. The van der Waals surface area contributed by atoms with Gasteiger partial charge in [0.25, 0.3) is 11.8 Å². The third kappa shape index (κ3) is 4.65. The molecule has 158 valence electrons. The maximum absolute atomic E-state index is 13.0. The average molecular weight is 408 g/mol. The standard InChI is InChI=1S/C24H29N3O3/c1-18-6-8-19(9-7-18)23(28)25-20-10-12-26(13-11-20)22-5-3-2-4-21(22)24(29)27-14-16-30-17-15-27/h2-9,20H,10-17H2,1H3,(H,25,28). The Labute approximate surface area is 177 Å². The average Bonchev–Trinajstić information content (AvgIpc) is 2.80. The van der Waals surface area contributed by atoms with Gasteiger partial charge in [-0.15, -0.1) is 0 Å². The molecule has 0 saturated carbocycles. The molecular weight excluding hydrogens is 378 g/mol. The van der Waals surface area contributed by atoms with E-state index in [0.29, 0.717) is 31.9 Å². The molecule has 6 heteroatoms. The van der Waals surface area contributed by atoms with Gasteiger partial charge in [-0.05, 0) is 44.0 Å². The maximum atomic E-state index is 13.0. The number of rotatable bonds is 4. The number of para-hydroxylation sites is 1. The zero-order valence-corrected chi connectivity index (χ0v) is 17.5. The van der Waals surface area contributed by atoms with Crippen LogP contribution in [-0.4, -0.2) is 62.1 Å². The van der Waals surface area contributed by atoms with Crippen LogP contribution >= 0.6 is 0 Å². The van der Waals surface area contributed by atoms with E-state index in [4.69, 9.17) is 4.74 Å². The Morgan fingerprint density at radius 1 is 0.933 bits per heavy atom. The molecule has 4 rings (SSSR count). The highest BCUT2D eigenvalue weighted by Crippen LogP contribution is 2.26. The summed E-state index contributed by atoms with van der Waals surface area (Å²) in [6.07, 6.45) is 1.72. The van der Waals surface area contributed by atoms with Gasteiger partial charge in [-0.25, -0.2) is 0 Å². The van der Waals surface area contributed by atoms with Gasteiger partial charge in [-0.3, -0.25) is 9.59 Å². The van der Waals surface area contributed by atoms with E-state index in [9.17, 15) is 9.59 Å². The second-order valence-corrected chi connectivity index (χ2v) is 8.02. The van der Waals surface area contributed by atoms with Gasteiger partial charge in [-0.1, -0.05) is 29.8 Å². The third-order valence-electron chi connectivity index (χ3n) is 5.92. The summed E-state index contributed by atoms with van der Waals surface area (Å²) in [6.45, 7) is 6.11. The highest BCUT2D eigenvalue weighted by Gasteiger charge is 2.26. The van der Waals surface area contributed by atoms with E-state index in [0.717, 1.165) is 42.7 Å². The van der Waals surface area contributed by atoms with Crippen LogP contribution in [0.1, 0.15) is 39.1 Å². The fourth-order valence-electron chi connectivity index (χ4n) is 4.11. The lowest BCUT2D eigenvalue weighted by molar-refractivity contribution is 0.0303. The summed E-state index contributed by atoms with van der Waals surface area (Å²) in [5.41, 5.74) is 3.58. The first-order chi connectivity index (χ1) is 14.6. The number of amides is 2. The fraction of sp³-hybridized carbons (Fsp3) is 0.417. The number of anilines is 1. The molecule has 0 aromatic heterocycles. The van der Waals surface area contributed by atoms with Crippen molar-refractivity contribution in [3.8, 4) is 0 Å². The first-order valence-electron chi connectivity index (χ1n) is 10.7. The van der Waals surface area contributed by atoms with E-state index in [1.807, 2.05) is 60.4 Å². The molecule has 0 spiro atoms. The van der Waals surface area contributed by atoms with E-state index in [1.165, 1.54) is 0 Å². The van der Waals surface area contributed by atoms with Gasteiger partial charge in [0.2, 0.25) is 0 Å². The first kappa shape index (κ1) is 20.4. The quantitative estimate of drug-likeness (QED) is 0.847. The Hall–Kier alpha value is -2.86. The Morgan fingerprint density at radius 3 is 2.30 bits per heavy atom. The number of hydrogen-bond acceptors (Lipinski definition) is 4. The van der Waals surface area contributed by atoms with Crippen molar-refractivity contribution in [3.63, 3.8) is 0 Å². The van der Waals surface area contributed by atoms with E-state index in [2.05, 4.69) is 10.2 Å². The molecule has 0 aliphatic carbocycles. The third-order valence-corrected chi connectivity index (χ3v) is 5.92. The number of nitrogens with one attached hydrogen (secondary N) is 1. The number of nitrogens with zero attached hydrogens (tertiary/aromatic N) is 2. The fourth-order valence-corrected chi connectivity index (χ4v) is 4.11. The molecule has 2 saturated heterocycles. The van der Waals surface area contributed by atoms with Crippen LogP contribution < -0.4 is 10.2 Å². The Bertz CT molecular complexity index is 883. The largest absolute Gasteiger partial charge is 0.378 e. The van der Waals surface area contributed by atoms with Crippen molar-refractivity contribution in [2.45, 2.75) is 25.8 Å². The van der Waals surface area contributed by atoms with Crippen LogP contribution in [0.4, 0.5) is 5.69 Å². The van der Waals surface area contributed by atoms with Crippen molar-refractivity contribution >= 4 is 17.5 Å². The normalized spacial score (nSPS) is 17.6. The summed E-state index contributed by atoms with van der Waals surface area (Å²) in [5.74, 6) is 0.0556. The number of aryl methyl sites for hydroxylation is 1. The molecule has 2 aromatic rings. The summed E-state index contributed by atoms with van der Waals surface area (Å²) >= 11 is 0. The molecular formula is C24H29N3O3. The topological polar surface area (TPSA) is 61.9 Å². The molecule has 2 fully saturated rings. The molecule has 1 N–H and O–H groups in total. The van der Waals surface area contributed by atoms with E-state index in [1.54, 1.807) is 0 Å². The van der Waals surface area contributed by atoms with Crippen molar-refractivity contribution in [1.82, 2.24) is 10.2 Å². The number of carbonyl (C=O) groups is 2. The second kappa shape index (κ2) is 9.30. The van der Waals surface area contributed by atoms with Crippen LogP contribution in [0, 0.1) is 6.92 Å². The van der Waals surface area contributed by atoms with Crippen LogP contribution in [-0.2, 0) is 4.74 Å². The summed E-state index contributed by atoms with van der Waals surface area (Å²) in [6, 6.07) is 15.7. The number of hydrogen-bond donors (Lipinski definition) is 1. The van der Waals surface area contributed by atoms with Crippen LogP contribution in [0.2, 0.25) is 0 Å². The van der Waals surface area contributed by atoms with Crippen LogP contribution in [0.3, 0.4) is 0 Å². The Balaban J connectivity index is 1.38. The van der Waals surface area contributed by atoms with Gasteiger partial charge in [-0.2, -0.15) is 0 Å². The molecule has 2 aliphatic rings. The molecule has 0 unspecified atom stereocenters. The molecule has 0 radical (unpaired) electrons. The summed E-state index contributed by atoms with van der Waals surface area (Å²) in [5, 5.41) is 3.16. The SMILES string of the molecule is Cc1ccc(C(=O)NC2CCN(c3ccccc3C(=O)N3CCOCC3)CC2)cc1. The van der Waals surface area contributed by atoms with Crippen molar-refractivity contribution in [2.75, 3.05) is 44.3 Å². The molecule has 0 atom stereocenters. The van der Waals surface area contributed by atoms with E-state index < -0.39 is 0 Å². The Morgan fingerprint density at radius 2 is 1.60 bits per heavy atom. The second-order valence-electron chi connectivity index (χ2n) is 8.02. The van der Waals surface area contributed by atoms with Gasteiger partial charge >= 0.3 is 0 Å². The molecule has 0 bridgehead atoms. The molecule has 2 amide bonds. The number of morpholine rings is 1. The van der Waals surface area contributed by atoms with Crippen molar-refractivity contribution in [3.05, 3.63) is 65.2 Å². The molecule has 2 aliphatic heterocycles. The van der Waals surface area contributed by atoms with Crippen molar-refractivity contribution < 1.29 is 14.3 Å². The molecule has 2 aromatic carbocycles. The highest BCUT2D eigenvalue weighted by atomic mass is 16.5. The van der Waals surface area contributed by atoms with Gasteiger partial charge < -0.3 is 19.9 Å². The lowest BCUT2D eigenvalue weighted by Gasteiger charge is -2.35. The van der Waals surface area contributed by atoms with Crippen LogP contribution in [0.25, 0.3) is 0 Å². The summed E-state index contributed by atoms with van der Waals surface area (Å²) in [7, 11) is 0. The predicted octanol–water partition coefficient (Wildman–Crippen LogP) is 2.87. The lowest BCUT2D eigenvalue weighted by Crippen LogP contribution is -2.45. The number of ether oxygens (including phenoxy) is 1. The summed E-state index contributed by atoms with van der Waals surface area (Å²) in [4.78, 5) is 29.7. The minimum absolute atomic E-state index is 0.0173. The minimum Gasteiger partial charge on any atom is -0.378 e. The first-order valence-corrected chi connectivity index (χ1v) is 10.7. The number of piperidine rings is 1. The highest BCUT2D eigenvalue weighted by molar-refractivity contribution is 6.00. The smallest absolute Gasteiger partial charge is 0.256 e. The van der Waals surface area contributed by atoms with Gasteiger partial charge in [0.15, 0.2) is 0 Å². The molecule has 30 heavy (non-hydrogen) atoms. The number of carbonyl (C=O) groups excluding carboxylic acids is 2. The van der Waals surface area contributed by atoms with Crippen LogP contribution in [0.5, 0.6) is 0 Å². The van der Waals surface area contributed by atoms with Crippen molar-refractivity contribution in [2.24, 2.45) is 0 Å². The number of benzene rings is 2. The van der Waals surface area contributed by atoms with Gasteiger partial charge in [0.1, 0.15) is 0 Å². The van der Waals surface area contributed by atoms with Gasteiger partial charge in [0.05, 0.1) is 18.8 Å². The lowest BCUT2D eigenvalue weighted by atomic mass is 10.0. The van der Waals surface area contributed by atoms with Crippen molar-refractivity contribution in [1.29, 1.82) is 0 Å². The van der Waals surface area contributed by atoms with Gasteiger partial charge in [0, 0.05) is 43.5 Å². The zero-order chi connectivity index (χ0) is 20.9. The van der Waals surface area contributed by atoms with E-state index >= 15 is 0 Å². The maximum Gasteiger partial charge on any atom is 0.256 e. The predicted molar refractivity (Wildman–Crippen MR) is 117 cm³/mol. The molecule has 6 nitrogen and oxygen atoms in total. The van der Waals surface area contributed by atoms with Crippen LogP contribution in [0.15, 0.2) is 48.5 Å². The molecule has 2 heterocycles. The van der Waals surface area contributed by atoms with E-state index in [-0.39, 0.29) is 17.9 Å².